The summed E-state index contributed by atoms with van der Waals surface area (Å²) in [6.07, 6.45) is 3.12. The molecule has 1 aromatic rings. The van der Waals surface area contributed by atoms with Gasteiger partial charge in [0.1, 0.15) is 12.1 Å². The predicted molar refractivity (Wildman–Crippen MR) is 113 cm³/mol. The molecule has 0 aromatic heterocycles. The smallest absolute Gasteiger partial charge is 0.251 e. The molecule has 30 heavy (non-hydrogen) atoms. The van der Waals surface area contributed by atoms with Gasteiger partial charge in [-0.15, -0.1) is 0 Å². The zero-order valence-electron chi connectivity index (χ0n) is 16.7. The highest BCUT2D eigenvalue weighted by Gasteiger charge is 2.65. The zero-order valence-corrected chi connectivity index (χ0v) is 16.7. The van der Waals surface area contributed by atoms with Crippen LogP contribution < -0.4 is 27.8 Å². The van der Waals surface area contributed by atoms with E-state index in [4.69, 9.17) is 17.2 Å². The van der Waals surface area contributed by atoms with Gasteiger partial charge in [0.05, 0.1) is 12.1 Å². The molecule has 1 aromatic carbocycles. The van der Waals surface area contributed by atoms with Crippen molar-refractivity contribution in [3.05, 3.63) is 34.9 Å². The Hall–Kier alpha value is -2.85. The van der Waals surface area contributed by atoms with Crippen molar-refractivity contribution in [2.24, 2.45) is 27.2 Å². The van der Waals surface area contributed by atoms with Crippen molar-refractivity contribution >= 4 is 17.8 Å². The number of fused-ring (bicyclic) bond motifs is 1. The molecule has 1 spiro atoms. The standard InChI is InChI=1S/C20H28N8O2/c21-8-13-15-20(27-18(22)26-15)16(29)14(9-28(20)19(23)25-13)24-17(30)12-7-3-5-10-4-1-2-6-11(10)12/h3,5,7,13-16,29H,1-2,4,6,8-9,21H2,(H2,23,25)(H,24,30)(H3,22,26,27)/t13-,14?,15?,16+,20?/m0/s1. The Morgan fingerprint density at radius 1 is 1.30 bits per heavy atom. The number of guanidine groups is 2. The summed E-state index contributed by atoms with van der Waals surface area (Å²) in [6.45, 7) is 0.514. The summed E-state index contributed by atoms with van der Waals surface area (Å²) in [6, 6.07) is 4.40. The summed E-state index contributed by atoms with van der Waals surface area (Å²) < 4.78 is 0. The second kappa shape index (κ2) is 6.85. The molecule has 1 aliphatic carbocycles. The van der Waals surface area contributed by atoms with Crippen LogP contribution in [0.2, 0.25) is 0 Å². The van der Waals surface area contributed by atoms with E-state index in [1.165, 1.54) is 5.56 Å². The quantitative estimate of drug-likeness (QED) is 0.333. The molecular formula is C20H28N8O2. The van der Waals surface area contributed by atoms with Gasteiger partial charge in [-0.1, -0.05) is 12.1 Å². The molecule has 3 aliphatic heterocycles. The molecule has 3 heterocycles. The maximum atomic E-state index is 13.2. The number of benzene rings is 1. The van der Waals surface area contributed by atoms with Crippen LogP contribution in [0.5, 0.6) is 0 Å². The first-order valence-corrected chi connectivity index (χ1v) is 10.5. The second-order valence-electron chi connectivity index (χ2n) is 8.49. The van der Waals surface area contributed by atoms with Crippen molar-refractivity contribution in [1.29, 1.82) is 0 Å². The Kier molecular flexibility index (Phi) is 4.37. The van der Waals surface area contributed by atoms with Gasteiger partial charge in [-0.05, 0) is 42.9 Å². The van der Waals surface area contributed by atoms with Crippen molar-refractivity contribution in [3.8, 4) is 0 Å². The number of carbonyl (C=O) groups excluding carboxylic acids is 1. The number of nitrogens with zero attached hydrogens (tertiary/aromatic N) is 3. The first-order chi connectivity index (χ1) is 14.5. The minimum atomic E-state index is -1.06. The van der Waals surface area contributed by atoms with E-state index >= 15 is 0 Å². The van der Waals surface area contributed by atoms with Gasteiger partial charge in [-0.3, -0.25) is 4.79 Å². The number of aliphatic hydroxyl groups excluding tert-OH is 1. The molecule has 1 fully saturated rings. The number of aliphatic hydroxyl groups is 1. The third-order valence-electron chi connectivity index (χ3n) is 6.85. The molecule has 160 valence electrons. The first-order valence-electron chi connectivity index (χ1n) is 10.5. The molecule has 0 saturated carbocycles. The van der Waals surface area contributed by atoms with Gasteiger partial charge in [0.15, 0.2) is 17.6 Å². The number of rotatable bonds is 3. The number of aryl methyl sites for hydroxylation is 1. The fourth-order valence-electron chi connectivity index (χ4n) is 5.47. The molecular weight excluding hydrogens is 384 g/mol. The lowest BCUT2D eigenvalue weighted by molar-refractivity contribution is 0.0150. The Bertz CT molecular complexity index is 947. The second-order valence-corrected chi connectivity index (χ2v) is 8.49. The van der Waals surface area contributed by atoms with Crippen LogP contribution >= 0.6 is 0 Å². The van der Waals surface area contributed by atoms with Gasteiger partial charge in [0, 0.05) is 18.7 Å². The van der Waals surface area contributed by atoms with E-state index < -0.39 is 29.9 Å². The van der Waals surface area contributed by atoms with E-state index in [1.807, 2.05) is 12.1 Å². The molecule has 1 saturated heterocycles. The van der Waals surface area contributed by atoms with Gasteiger partial charge in [-0.2, -0.15) is 0 Å². The van der Waals surface area contributed by atoms with Crippen LogP contribution in [0.1, 0.15) is 34.3 Å². The highest BCUT2D eigenvalue weighted by atomic mass is 16.3. The molecule has 5 rings (SSSR count). The van der Waals surface area contributed by atoms with E-state index in [-0.39, 0.29) is 24.4 Å². The monoisotopic (exact) mass is 412 g/mol. The summed E-state index contributed by atoms with van der Waals surface area (Å²) in [5, 5.41) is 17.5. The van der Waals surface area contributed by atoms with Gasteiger partial charge >= 0.3 is 0 Å². The SMILES string of the molecule is NC[C@@H]1N=C(N)N2CC(NC(=O)c3cccc4c3CCCC4)[C@@H](O)C23NC(N)=NC13. The van der Waals surface area contributed by atoms with Crippen molar-refractivity contribution in [2.45, 2.75) is 55.6 Å². The van der Waals surface area contributed by atoms with Crippen molar-refractivity contribution < 1.29 is 9.90 Å². The van der Waals surface area contributed by atoms with Crippen molar-refractivity contribution in [1.82, 2.24) is 15.5 Å². The summed E-state index contributed by atoms with van der Waals surface area (Å²) in [7, 11) is 0. The molecule has 0 radical (unpaired) electrons. The number of hydrogen-bond acceptors (Lipinski definition) is 9. The van der Waals surface area contributed by atoms with Crippen LogP contribution in [0.3, 0.4) is 0 Å². The van der Waals surface area contributed by atoms with Crippen LogP contribution in [0, 0.1) is 0 Å². The maximum Gasteiger partial charge on any atom is 0.251 e. The summed E-state index contributed by atoms with van der Waals surface area (Å²) in [5.41, 5.74) is 20.0. The van der Waals surface area contributed by atoms with E-state index in [0.717, 1.165) is 31.2 Å². The summed E-state index contributed by atoms with van der Waals surface area (Å²) >= 11 is 0. The number of nitrogens with one attached hydrogen (secondary N) is 2. The minimum absolute atomic E-state index is 0.191. The Labute approximate surface area is 174 Å². The topological polar surface area (TPSA) is 167 Å². The summed E-state index contributed by atoms with van der Waals surface area (Å²) in [4.78, 5) is 23.8. The molecule has 10 heteroatoms. The van der Waals surface area contributed by atoms with E-state index in [1.54, 1.807) is 4.90 Å². The lowest BCUT2D eigenvalue weighted by Gasteiger charge is -2.46. The molecule has 10 nitrogen and oxygen atoms in total. The van der Waals surface area contributed by atoms with Crippen molar-refractivity contribution in [2.75, 3.05) is 13.1 Å². The first kappa shape index (κ1) is 19.1. The molecule has 4 aliphatic rings. The fourth-order valence-corrected chi connectivity index (χ4v) is 5.47. The fraction of sp³-hybridized carbons (Fsp3) is 0.550. The highest BCUT2D eigenvalue weighted by molar-refractivity contribution is 5.96. The molecule has 3 unspecified atom stereocenters. The maximum absolute atomic E-state index is 13.2. The third kappa shape index (κ3) is 2.60. The zero-order chi connectivity index (χ0) is 21.0. The van der Waals surface area contributed by atoms with Crippen LogP contribution in [-0.4, -0.2) is 70.8 Å². The molecule has 9 N–H and O–H groups in total. The van der Waals surface area contributed by atoms with E-state index in [2.05, 4.69) is 26.7 Å². The average Bonchev–Trinajstić information content (AvgIpc) is 3.24. The van der Waals surface area contributed by atoms with Crippen LogP contribution in [0.4, 0.5) is 0 Å². The number of aliphatic imine (C=N–C) groups is 2. The normalized spacial score (nSPS) is 34.3. The molecule has 0 bridgehead atoms. The average molecular weight is 412 g/mol. The predicted octanol–water partition coefficient (Wildman–Crippen LogP) is -2.02. The molecule has 1 amide bonds. The highest BCUT2D eigenvalue weighted by Crippen LogP contribution is 2.39. The van der Waals surface area contributed by atoms with E-state index in [9.17, 15) is 9.90 Å². The Morgan fingerprint density at radius 3 is 2.90 bits per heavy atom. The number of amides is 1. The number of hydrogen-bond donors (Lipinski definition) is 6. The minimum Gasteiger partial charge on any atom is -0.386 e. The Morgan fingerprint density at radius 2 is 2.10 bits per heavy atom. The van der Waals surface area contributed by atoms with Gasteiger partial charge in [0.2, 0.25) is 0 Å². The van der Waals surface area contributed by atoms with Crippen LogP contribution in [0.25, 0.3) is 0 Å². The lowest BCUT2D eigenvalue weighted by Crippen LogP contribution is -2.73. The van der Waals surface area contributed by atoms with Crippen LogP contribution in [0.15, 0.2) is 28.2 Å². The summed E-state index contributed by atoms with van der Waals surface area (Å²) in [5.74, 6) is 0.270. The van der Waals surface area contributed by atoms with Gasteiger partial charge in [-0.25, -0.2) is 9.98 Å². The van der Waals surface area contributed by atoms with Gasteiger partial charge < -0.3 is 37.8 Å². The van der Waals surface area contributed by atoms with E-state index in [0.29, 0.717) is 12.1 Å². The Balaban J connectivity index is 1.43. The van der Waals surface area contributed by atoms with Gasteiger partial charge in [0.25, 0.3) is 5.91 Å². The van der Waals surface area contributed by atoms with Crippen LogP contribution in [-0.2, 0) is 12.8 Å². The molecule has 5 atom stereocenters. The lowest BCUT2D eigenvalue weighted by atomic mass is 9.87. The number of nitrogens with two attached hydrogens (primary N) is 3. The van der Waals surface area contributed by atoms with Crippen molar-refractivity contribution in [3.63, 3.8) is 0 Å². The third-order valence-corrected chi connectivity index (χ3v) is 6.85. The number of carbonyl (C=O) groups is 1. The largest absolute Gasteiger partial charge is 0.386 e.